The quantitative estimate of drug-likeness (QED) is 0.711. The van der Waals surface area contributed by atoms with Crippen molar-refractivity contribution in [2.24, 2.45) is 0 Å². The maximum absolute atomic E-state index is 10.3. The number of benzene rings is 1. The molecular weight excluding hydrogens is 186 g/mol. The average Bonchev–Trinajstić information content (AvgIpc) is 2.25. The van der Waals surface area contributed by atoms with Gasteiger partial charge in [-0.05, 0) is 18.9 Å². The van der Waals surface area contributed by atoms with Gasteiger partial charge in [0, 0.05) is 12.5 Å². The van der Waals surface area contributed by atoms with Gasteiger partial charge in [0.15, 0.2) is 0 Å². The number of carbonyl (C=O) groups is 1. The van der Waals surface area contributed by atoms with Crippen LogP contribution < -0.4 is 5.32 Å². The molecule has 0 bridgehead atoms. The first-order valence-electron chi connectivity index (χ1n) is 5.51. The van der Waals surface area contributed by atoms with Crippen LogP contribution in [0.3, 0.4) is 0 Å². The summed E-state index contributed by atoms with van der Waals surface area (Å²) >= 11 is 0. The molecule has 0 saturated heterocycles. The van der Waals surface area contributed by atoms with E-state index in [2.05, 4.69) is 43.4 Å². The van der Waals surface area contributed by atoms with Crippen LogP contribution in [0.1, 0.15) is 36.8 Å². The van der Waals surface area contributed by atoms with E-state index in [0.717, 1.165) is 25.8 Å². The molecule has 0 aliphatic carbocycles. The third-order valence-electron chi connectivity index (χ3n) is 2.63. The molecule has 1 aromatic carbocycles. The van der Waals surface area contributed by atoms with Crippen molar-refractivity contribution >= 4 is 6.41 Å². The van der Waals surface area contributed by atoms with Gasteiger partial charge in [0.25, 0.3) is 0 Å². The third kappa shape index (κ3) is 3.74. The van der Waals surface area contributed by atoms with Crippen LogP contribution in [0.15, 0.2) is 24.3 Å². The van der Waals surface area contributed by atoms with Crippen molar-refractivity contribution in [3.05, 3.63) is 35.4 Å². The van der Waals surface area contributed by atoms with Gasteiger partial charge in [0.1, 0.15) is 0 Å². The van der Waals surface area contributed by atoms with Crippen LogP contribution in [-0.4, -0.2) is 13.0 Å². The summed E-state index contributed by atoms with van der Waals surface area (Å²) in [5.41, 5.74) is 2.59. The van der Waals surface area contributed by atoms with Gasteiger partial charge in [0.05, 0.1) is 0 Å². The minimum absolute atomic E-state index is 0.445. The van der Waals surface area contributed by atoms with E-state index in [-0.39, 0.29) is 0 Å². The van der Waals surface area contributed by atoms with Gasteiger partial charge in [-0.3, -0.25) is 4.79 Å². The number of hydrogen-bond acceptors (Lipinski definition) is 1. The Labute approximate surface area is 91.7 Å². The predicted molar refractivity (Wildman–Crippen MR) is 62.9 cm³/mol. The molecule has 0 aromatic heterocycles. The molecule has 0 aliphatic heterocycles. The lowest BCUT2D eigenvalue weighted by Gasteiger charge is -2.16. The molecule has 2 heteroatoms. The first-order chi connectivity index (χ1) is 7.27. The van der Waals surface area contributed by atoms with Crippen molar-refractivity contribution < 1.29 is 4.79 Å². The Balaban J connectivity index is 2.69. The second kappa shape index (κ2) is 6.23. The van der Waals surface area contributed by atoms with Crippen molar-refractivity contribution in [2.45, 2.75) is 32.6 Å². The summed E-state index contributed by atoms with van der Waals surface area (Å²) in [7, 11) is 0. The van der Waals surface area contributed by atoms with Crippen LogP contribution in [-0.2, 0) is 4.79 Å². The molecule has 0 spiro atoms. The highest BCUT2D eigenvalue weighted by Gasteiger charge is 2.09. The second-order valence-electron chi connectivity index (χ2n) is 3.92. The number of rotatable bonds is 6. The number of nitrogens with one attached hydrogen (secondary N) is 1. The minimum Gasteiger partial charge on any atom is -0.358 e. The Hall–Kier alpha value is -1.31. The van der Waals surface area contributed by atoms with Crippen LogP contribution >= 0.6 is 0 Å². The summed E-state index contributed by atoms with van der Waals surface area (Å²) < 4.78 is 0. The Bertz CT molecular complexity index is 292. The average molecular weight is 205 g/mol. The van der Waals surface area contributed by atoms with E-state index in [4.69, 9.17) is 0 Å². The summed E-state index contributed by atoms with van der Waals surface area (Å²) in [6, 6.07) is 8.56. The molecule has 1 amide bonds. The molecule has 15 heavy (non-hydrogen) atoms. The van der Waals surface area contributed by atoms with E-state index in [1.807, 2.05) is 0 Å². The lowest BCUT2D eigenvalue weighted by molar-refractivity contribution is -0.109. The molecule has 1 N–H and O–H groups in total. The summed E-state index contributed by atoms with van der Waals surface area (Å²) in [6.45, 7) is 4.99. The smallest absolute Gasteiger partial charge is 0.207 e. The molecular formula is C13H19NO. The van der Waals surface area contributed by atoms with Gasteiger partial charge in [-0.2, -0.15) is 0 Å². The van der Waals surface area contributed by atoms with Gasteiger partial charge in [-0.15, -0.1) is 0 Å². The van der Waals surface area contributed by atoms with Crippen molar-refractivity contribution in [2.75, 3.05) is 6.54 Å². The van der Waals surface area contributed by atoms with Crippen LogP contribution in [0.5, 0.6) is 0 Å². The molecule has 0 radical (unpaired) electrons. The summed E-state index contributed by atoms with van der Waals surface area (Å²) in [5.74, 6) is 0.445. The zero-order valence-corrected chi connectivity index (χ0v) is 9.49. The van der Waals surface area contributed by atoms with Crippen molar-refractivity contribution in [3.63, 3.8) is 0 Å². The first kappa shape index (κ1) is 11.8. The fourth-order valence-electron chi connectivity index (χ4n) is 1.76. The van der Waals surface area contributed by atoms with Gasteiger partial charge in [-0.25, -0.2) is 0 Å². The maximum Gasteiger partial charge on any atom is 0.207 e. The van der Waals surface area contributed by atoms with Gasteiger partial charge >= 0.3 is 0 Å². The molecule has 0 aliphatic rings. The summed E-state index contributed by atoms with van der Waals surface area (Å²) in [6.07, 6.45) is 3.03. The maximum atomic E-state index is 10.3. The molecule has 1 aromatic rings. The molecule has 1 atom stereocenters. The summed E-state index contributed by atoms with van der Waals surface area (Å²) in [4.78, 5) is 10.3. The van der Waals surface area contributed by atoms with Crippen LogP contribution in [0.2, 0.25) is 0 Å². The molecule has 2 nitrogen and oxygen atoms in total. The lowest BCUT2D eigenvalue weighted by Crippen LogP contribution is -2.19. The van der Waals surface area contributed by atoms with E-state index in [1.54, 1.807) is 0 Å². The fraction of sp³-hybridized carbons (Fsp3) is 0.462. The lowest BCUT2D eigenvalue weighted by atomic mass is 9.94. The summed E-state index contributed by atoms with van der Waals surface area (Å²) in [5, 5.41) is 2.77. The topological polar surface area (TPSA) is 29.1 Å². The Morgan fingerprint density at radius 2 is 2.00 bits per heavy atom. The highest BCUT2D eigenvalue weighted by molar-refractivity contribution is 5.46. The molecule has 0 saturated carbocycles. The minimum atomic E-state index is 0.445. The van der Waals surface area contributed by atoms with E-state index >= 15 is 0 Å². The normalized spacial score (nSPS) is 12.1. The highest BCUT2D eigenvalue weighted by atomic mass is 16.1. The number of amides is 1. The molecule has 82 valence electrons. The van der Waals surface area contributed by atoms with E-state index in [0.29, 0.717) is 5.92 Å². The van der Waals surface area contributed by atoms with Crippen molar-refractivity contribution in [1.82, 2.24) is 5.32 Å². The van der Waals surface area contributed by atoms with E-state index in [9.17, 15) is 4.79 Å². The standard InChI is InChI=1S/C13H19NO/c1-3-4-13(9-14-10-15)12-7-5-11(2)6-8-12/h5-8,10,13H,3-4,9H2,1-2H3,(H,14,15). The first-order valence-corrected chi connectivity index (χ1v) is 5.51. The van der Waals surface area contributed by atoms with E-state index < -0.39 is 0 Å². The Morgan fingerprint density at radius 1 is 1.33 bits per heavy atom. The molecule has 1 unspecified atom stereocenters. The van der Waals surface area contributed by atoms with Crippen LogP contribution in [0.25, 0.3) is 0 Å². The van der Waals surface area contributed by atoms with Crippen LogP contribution in [0.4, 0.5) is 0 Å². The third-order valence-corrected chi connectivity index (χ3v) is 2.63. The zero-order chi connectivity index (χ0) is 11.1. The molecule has 0 fully saturated rings. The Kier molecular flexibility index (Phi) is 4.88. The SMILES string of the molecule is CCCC(CNC=O)c1ccc(C)cc1. The van der Waals surface area contributed by atoms with Gasteiger partial charge in [0.2, 0.25) is 6.41 Å². The number of carbonyl (C=O) groups excluding carboxylic acids is 1. The largest absolute Gasteiger partial charge is 0.358 e. The zero-order valence-electron chi connectivity index (χ0n) is 9.49. The number of hydrogen-bond donors (Lipinski definition) is 1. The van der Waals surface area contributed by atoms with Crippen molar-refractivity contribution in [1.29, 1.82) is 0 Å². The van der Waals surface area contributed by atoms with E-state index in [1.165, 1.54) is 11.1 Å². The monoisotopic (exact) mass is 205 g/mol. The Morgan fingerprint density at radius 3 is 2.53 bits per heavy atom. The molecule has 1 rings (SSSR count). The van der Waals surface area contributed by atoms with Gasteiger partial charge < -0.3 is 5.32 Å². The van der Waals surface area contributed by atoms with Crippen LogP contribution in [0, 0.1) is 6.92 Å². The number of aryl methyl sites for hydroxylation is 1. The predicted octanol–water partition coefficient (Wildman–Crippen LogP) is 2.62. The molecule has 0 heterocycles. The highest BCUT2D eigenvalue weighted by Crippen LogP contribution is 2.20. The second-order valence-corrected chi connectivity index (χ2v) is 3.92. The fourth-order valence-corrected chi connectivity index (χ4v) is 1.76. The van der Waals surface area contributed by atoms with Crippen molar-refractivity contribution in [3.8, 4) is 0 Å². The van der Waals surface area contributed by atoms with Gasteiger partial charge in [-0.1, -0.05) is 43.2 Å².